The molecule has 16 heavy (non-hydrogen) atoms. The Morgan fingerprint density at radius 2 is 1.75 bits per heavy atom. The number of aromatic nitrogens is 2. The van der Waals surface area contributed by atoms with Crippen molar-refractivity contribution >= 4 is 5.82 Å². The summed E-state index contributed by atoms with van der Waals surface area (Å²) in [6.45, 7) is 5.33. The molecular formula is C13H25N3. The Labute approximate surface area is 99.0 Å². The molecule has 0 amide bonds. The molecule has 0 aliphatic rings. The third-order valence-electron chi connectivity index (χ3n) is 2.97. The van der Waals surface area contributed by atoms with Gasteiger partial charge < -0.3 is 5.73 Å². The fourth-order valence-electron chi connectivity index (χ4n) is 1.98. The highest BCUT2D eigenvalue weighted by atomic mass is 15.3. The van der Waals surface area contributed by atoms with Crippen molar-refractivity contribution in [3.63, 3.8) is 0 Å². The van der Waals surface area contributed by atoms with Crippen molar-refractivity contribution in [2.24, 2.45) is 0 Å². The normalized spacial score (nSPS) is 10.9. The van der Waals surface area contributed by atoms with E-state index < -0.39 is 0 Å². The Hall–Kier alpha value is -0.990. The van der Waals surface area contributed by atoms with E-state index in [1.165, 1.54) is 50.6 Å². The SMILES string of the molecule is CCCCCCCCCn1nc(N)cc1C. The van der Waals surface area contributed by atoms with Crippen LogP contribution in [-0.2, 0) is 6.54 Å². The van der Waals surface area contributed by atoms with Crippen molar-refractivity contribution in [3.05, 3.63) is 11.8 Å². The van der Waals surface area contributed by atoms with E-state index in [4.69, 9.17) is 5.73 Å². The molecule has 0 fully saturated rings. The first kappa shape index (κ1) is 13.1. The van der Waals surface area contributed by atoms with Gasteiger partial charge in [0.2, 0.25) is 0 Å². The fraction of sp³-hybridized carbons (Fsp3) is 0.769. The Kier molecular flexibility index (Phi) is 5.98. The van der Waals surface area contributed by atoms with Crippen LogP contribution in [0.1, 0.15) is 57.6 Å². The molecule has 92 valence electrons. The zero-order chi connectivity index (χ0) is 11.8. The summed E-state index contributed by atoms with van der Waals surface area (Å²) < 4.78 is 2.02. The average molecular weight is 223 g/mol. The van der Waals surface area contributed by atoms with E-state index in [-0.39, 0.29) is 0 Å². The number of unbranched alkanes of at least 4 members (excludes halogenated alkanes) is 6. The molecule has 0 atom stereocenters. The molecule has 0 bridgehead atoms. The Bertz CT molecular complexity index is 291. The summed E-state index contributed by atoms with van der Waals surface area (Å²) in [6, 6.07) is 1.93. The molecule has 0 spiro atoms. The van der Waals surface area contributed by atoms with Gasteiger partial charge in [-0.2, -0.15) is 5.10 Å². The molecule has 3 heteroatoms. The fourth-order valence-corrected chi connectivity index (χ4v) is 1.98. The summed E-state index contributed by atoms with van der Waals surface area (Å²) >= 11 is 0. The molecule has 0 saturated heterocycles. The molecular weight excluding hydrogens is 198 g/mol. The first-order valence-electron chi connectivity index (χ1n) is 6.54. The van der Waals surface area contributed by atoms with E-state index in [0.29, 0.717) is 5.82 Å². The summed E-state index contributed by atoms with van der Waals surface area (Å²) in [5.41, 5.74) is 6.80. The van der Waals surface area contributed by atoms with Gasteiger partial charge in [-0.25, -0.2) is 0 Å². The third-order valence-corrected chi connectivity index (χ3v) is 2.97. The van der Waals surface area contributed by atoms with Gasteiger partial charge in [0, 0.05) is 18.3 Å². The lowest BCUT2D eigenvalue weighted by Gasteiger charge is -2.04. The number of nitrogen functional groups attached to an aromatic ring is 1. The van der Waals surface area contributed by atoms with Gasteiger partial charge in [0.15, 0.2) is 0 Å². The number of nitrogens with two attached hydrogens (primary N) is 1. The molecule has 0 aromatic carbocycles. The number of aryl methyl sites for hydroxylation is 2. The minimum atomic E-state index is 0.639. The van der Waals surface area contributed by atoms with Crippen molar-refractivity contribution in [2.45, 2.75) is 65.3 Å². The van der Waals surface area contributed by atoms with E-state index in [2.05, 4.69) is 18.9 Å². The van der Waals surface area contributed by atoms with Crippen LogP contribution in [0.4, 0.5) is 5.82 Å². The first-order valence-corrected chi connectivity index (χ1v) is 6.54. The van der Waals surface area contributed by atoms with Crippen LogP contribution in [0.5, 0.6) is 0 Å². The summed E-state index contributed by atoms with van der Waals surface area (Å²) in [6.07, 6.45) is 9.37. The van der Waals surface area contributed by atoms with E-state index >= 15 is 0 Å². The van der Waals surface area contributed by atoms with Crippen molar-refractivity contribution in [3.8, 4) is 0 Å². The van der Waals surface area contributed by atoms with Crippen LogP contribution in [0.3, 0.4) is 0 Å². The standard InChI is InChI=1S/C13H25N3/c1-3-4-5-6-7-8-9-10-16-12(2)11-13(14)15-16/h11H,3-10H2,1-2H3,(H2,14,15). The summed E-state index contributed by atoms with van der Waals surface area (Å²) in [5.74, 6) is 0.639. The molecule has 3 nitrogen and oxygen atoms in total. The second-order valence-corrected chi connectivity index (χ2v) is 4.56. The zero-order valence-corrected chi connectivity index (χ0v) is 10.7. The molecule has 1 aromatic heterocycles. The number of anilines is 1. The highest BCUT2D eigenvalue weighted by Gasteiger charge is 2.00. The Morgan fingerprint density at radius 1 is 1.12 bits per heavy atom. The van der Waals surface area contributed by atoms with Crippen molar-refractivity contribution in [2.75, 3.05) is 5.73 Å². The molecule has 0 aliphatic carbocycles. The van der Waals surface area contributed by atoms with Crippen molar-refractivity contribution in [1.82, 2.24) is 9.78 Å². The van der Waals surface area contributed by atoms with Gasteiger partial charge in [-0.3, -0.25) is 4.68 Å². The molecule has 0 saturated carbocycles. The lowest BCUT2D eigenvalue weighted by Crippen LogP contribution is -2.02. The number of hydrogen-bond acceptors (Lipinski definition) is 2. The van der Waals surface area contributed by atoms with Gasteiger partial charge in [-0.05, 0) is 13.3 Å². The van der Waals surface area contributed by atoms with Crippen LogP contribution in [-0.4, -0.2) is 9.78 Å². The smallest absolute Gasteiger partial charge is 0.145 e. The Morgan fingerprint density at radius 3 is 2.31 bits per heavy atom. The maximum Gasteiger partial charge on any atom is 0.145 e. The zero-order valence-electron chi connectivity index (χ0n) is 10.7. The monoisotopic (exact) mass is 223 g/mol. The maximum atomic E-state index is 5.63. The van der Waals surface area contributed by atoms with Crippen LogP contribution in [0, 0.1) is 6.92 Å². The number of nitrogens with zero attached hydrogens (tertiary/aromatic N) is 2. The van der Waals surface area contributed by atoms with Crippen LogP contribution >= 0.6 is 0 Å². The van der Waals surface area contributed by atoms with Gasteiger partial charge in [-0.1, -0.05) is 45.4 Å². The second kappa shape index (κ2) is 7.31. The number of hydrogen-bond donors (Lipinski definition) is 1. The lowest BCUT2D eigenvalue weighted by atomic mass is 10.1. The molecule has 2 N–H and O–H groups in total. The van der Waals surface area contributed by atoms with Crippen molar-refractivity contribution < 1.29 is 0 Å². The highest BCUT2D eigenvalue weighted by molar-refractivity contribution is 5.28. The van der Waals surface area contributed by atoms with Gasteiger partial charge in [0.05, 0.1) is 0 Å². The predicted molar refractivity (Wildman–Crippen MR) is 69.4 cm³/mol. The van der Waals surface area contributed by atoms with E-state index in [0.717, 1.165) is 6.54 Å². The van der Waals surface area contributed by atoms with Crippen LogP contribution in [0.15, 0.2) is 6.07 Å². The summed E-state index contributed by atoms with van der Waals surface area (Å²) in [7, 11) is 0. The first-order chi connectivity index (χ1) is 7.74. The molecule has 0 radical (unpaired) electrons. The molecule has 1 heterocycles. The van der Waals surface area contributed by atoms with Gasteiger partial charge in [0.1, 0.15) is 5.82 Å². The van der Waals surface area contributed by atoms with E-state index in [1.54, 1.807) is 0 Å². The second-order valence-electron chi connectivity index (χ2n) is 4.56. The highest BCUT2D eigenvalue weighted by Crippen LogP contribution is 2.09. The van der Waals surface area contributed by atoms with Gasteiger partial charge in [-0.15, -0.1) is 0 Å². The third kappa shape index (κ3) is 4.69. The number of rotatable bonds is 8. The predicted octanol–water partition coefficient (Wildman–Crippen LogP) is 3.52. The molecule has 0 aliphatic heterocycles. The van der Waals surface area contributed by atoms with Crippen LogP contribution in [0.2, 0.25) is 0 Å². The molecule has 1 rings (SSSR count). The van der Waals surface area contributed by atoms with E-state index in [1.807, 2.05) is 10.7 Å². The minimum absolute atomic E-state index is 0.639. The van der Waals surface area contributed by atoms with Crippen LogP contribution in [0.25, 0.3) is 0 Å². The van der Waals surface area contributed by atoms with E-state index in [9.17, 15) is 0 Å². The largest absolute Gasteiger partial charge is 0.382 e. The van der Waals surface area contributed by atoms with Gasteiger partial charge in [0.25, 0.3) is 0 Å². The summed E-state index contributed by atoms with van der Waals surface area (Å²) in [5, 5.41) is 4.25. The Balaban J connectivity index is 2.05. The summed E-state index contributed by atoms with van der Waals surface area (Å²) in [4.78, 5) is 0. The van der Waals surface area contributed by atoms with Crippen molar-refractivity contribution in [1.29, 1.82) is 0 Å². The quantitative estimate of drug-likeness (QED) is 0.685. The van der Waals surface area contributed by atoms with Crippen LogP contribution < -0.4 is 5.73 Å². The lowest BCUT2D eigenvalue weighted by molar-refractivity contribution is 0.517. The maximum absolute atomic E-state index is 5.63. The topological polar surface area (TPSA) is 43.8 Å². The molecule has 1 aromatic rings. The minimum Gasteiger partial charge on any atom is -0.382 e. The molecule has 0 unspecified atom stereocenters. The van der Waals surface area contributed by atoms with Gasteiger partial charge >= 0.3 is 0 Å². The average Bonchev–Trinajstić information content (AvgIpc) is 2.56.